The second-order valence-corrected chi connectivity index (χ2v) is 6.24. The summed E-state index contributed by atoms with van der Waals surface area (Å²) in [6.45, 7) is 3.39. The van der Waals surface area contributed by atoms with Crippen molar-refractivity contribution < 1.29 is 14.7 Å². The van der Waals surface area contributed by atoms with E-state index in [4.69, 9.17) is 0 Å². The van der Waals surface area contributed by atoms with Gasteiger partial charge in [-0.3, -0.25) is 4.79 Å². The van der Waals surface area contributed by atoms with Gasteiger partial charge in [-0.05, 0) is 47.5 Å². The minimum atomic E-state index is -1.26. The van der Waals surface area contributed by atoms with E-state index < -0.39 is 17.4 Å². The Hall–Kier alpha value is -0.880. The van der Waals surface area contributed by atoms with E-state index in [-0.39, 0.29) is 0 Å². The van der Waals surface area contributed by atoms with Gasteiger partial charge in [0.05, 0.1) is 5.56 Å². The standard InChI is InChI=1S/C13H15Br2NO3/c1-3-6-13(2,12(18)19)16-11(17)9-7-8(14)4-5-10(9)15/h4-5,7H,3,6H2,1-2H3,(H,16,17)(H,18,19). The van der Waals surface area contributed by atoms with E-state index in [1.54, 1.807) is 18.2 Å². The number of hydrogen-bond donors (Lipinski definition) is 2. The summed E-state index contributed by atoms with van der Waals surface area (Å²) in [5.41, 5.74) is -0.855. The summed E-state index contributed by atoms with van der Waals surface area (Å²) in [6, 6.07) is 5.17. The lowest BCUT2D eigenvalue weighted by Gasteiger charge is -2.26. The molecule has 0 aliphatic rings. The van der Waals surface area contributed by atoms with Crippen LogP contribution in [0.2, 0.25) is 0 Å². The maximum atomic E-state index is 12.2. The van der Waals surface area contributed by atoms with Crippen molar-refractivity contribution in [1.29, 1.82) is 0 Å². The summed E-state index contributed by atoms with van der Waals surface area (Å²) in [5.74, 6) is -1.44. The molecule has 1 amide bonds. The molecule has 0 spiro atoms. The average molecular weight is 393 g/mol. The Labute approximate surface area is 128 Å². The topological polar surface area (TPSA) is 66.4 Å². The van der Waals surface area contributed by atoms with E-state index in [1.165, 1.54) is 6.92 Å². The van der Waals surface area contributed by atoms with Crippen molar-refractivity contribution in [2.24, 2.45) is 0 Å². The van der Waals surface area contributed by atoms with Crippen molar-refractivity contribution in [2.75, 3.05) is 0 Å². The predicted octanol–water partition coefficient (Wildman–Crippen LogP) is 3.58. The monoisotopic (exact) mass is 391 g/mol. The highest BCUT2D eigenvalue weighted by molar-refractivity contribution is 9.11. The van der Waals surface area contributed by atoms with E-state index >= 15 is 0 Å². The summed E-state index contributed by atoms with van der Waals surface area (Å²) < 4.78 is 1.38. The highest BCUT2D eigenvalue weighted by Crippen LogP contribution is 2.23. The first-order valence-corrected chi connectivity index (χ1v) is 7.39. The molecule has 0 aliphatic heterocycles. The lowest BCUT2D eigenvalue weighted by Crippen LogP contribution is -2.52. The van der Waals surface area contributed by atoms with Gasteiger partial charge in [0.25, 0.3) is 5.91 Å². The van der Waals surface area contributed by atoms with Gasteiger partial charge in [-0.1, -0.05) is 29.3 Å². The van der Waals surface area contributed by atoms with Crippen molar-refractivity contribution in [2.45, 2.75) is 32.2 Å². The molecule has 4 nitrogen and oxygen atoms in total. The van der Waals surface area contributed by atoms with Crippen molar-refractivity contribution >= 4 is 43.7 Å². The zero-order valence-electron chi connectivity index (χ0n) is 10.7. The minimum Gasteiger partial charge on any atom is -0.480 e. The Balaban J connectivity index is 3.00. The van der Waals surface area contributed by atoms with Crippen molar-refractivity contribution in [3.05, 3.63) is 32.7 Å². The van der Waals surface area contributed by atoms with E-state index in [2.05, 4.69) is 37.2 Å². The lowest BCUT2D eigenvalue weighted by atomic mass is 9.96. The summed E-state index contributed by atoms with van der Waals surface area (Å²) in [6.07, 6.45) is 1.04. The van der Waals surface area contributed by atoms with E-state index in [0.717, 1.165) is 4.47 Å². The molecule has 0 bridgehead atoms. The molecule has 1 unspecified atom stereocenters. The average Bonchev–Trinajstić information content (AvgIpc) is 2.32. The number of rotatable bonds is 5. The molecular weight excluding hydrogens is 378 g/mol. The SMILES string of the molecule is CCCC(C)(NC(=O)c1cc(Br)ccc1Br)C(=O)O. The number of carbonyl (C=O) groups is 2. The van der Waals surface area contributed by atoms with Gasteiger partial charge in [0.1, 0.15) is 5.54 Å². The summed E-state index contributed by atoms with van der Waals surface area (Å²) >= 11 is 6.57. The molecule has 2 N–H and O–H groups in total. The maximum Gasteiger partial charge on any atom is 0.329 e. The molecule has 1 rings (SSSR count). The van der Waals surface area contributed by atoms with Gasteiger partial charge in [-0.2, -0.15) is 0 Å². The zero-order chi connectivity index (χ0) is 14.6. The molecule has 0 saturated carbocycles. The quantitative estimate of drug-likeness (QED) is 0.804. The Morgan fingerprint density at radius 3 is 2.53 bits per heavy atom. The van der Waals surface area contributed by atoms with Crippen LogP contribution in [0.15, 0.2) is 27.1 Å². The maximum absolute atomic E-state index is 12.2. The number of amides is 1. The normalized spacial score (nSPS) is 13.7. The number of carbonyl (C=O) groups excluding carboxylic acids is 1. The van der Waals surface area contributed by atoms with Crippen LogP contribution < -0.4 is 5.32 Å². The first kappa shape index (κ1) is 16.2. The van der Waals surface area contributed by atoms with Crippen LogP contribution in [0.3, 0.4) is 0 Å². The molecule has 19 heavy (non-hydrogen) atoms. The van der Waals surface area contributed by atoms with Gasteiger partial charge < -0.3 is 10.4 Å². The Kier molecular flexibility index (Phi) is 5.55. The summed E-state index contributed by atoms with van der Waals surface area (Å²) in [7, 11) is 0. The van der Waals surface area contributed by atoms with Crippen LogP contribution in [-0.2, 0) is 4.79 Å². The number of benzene rings is 1. The van der Waals surface area contributed by atoms with Gasteiger partial charge in [0.2, 0.25) is 0 Å². The third kappa shape index (κ3) is 4.04. The molecule has 104 valence electrons. The highest BCUT2D eigenvalue weighted by atomic mass is 79.9. The molecule has 0 aliphatic carbocycles. The number of nitrogens with one attached hydrogen (secondary N) is 1. The van der Waals surface area contributed by atoms with Crippen LogP contribution in [0.4, 0.5) is 0 Å². The van der Waals surface area contributed by atoms with Crippen LogP contribution in [0.5, 0.6) is 0 Å². The lowest BCUT2D eigenvalue weighted by molar-refractivity contribution is -0.144. The van der Waals surface area contributed by atoms with Gasteiger partial charge >= 0.3 is 5.97 Å². The van der Waals surface area contributed by atoms with Crippen LogP contribution in [0, 0.1) is 0 Å². The van der Waals surface area contributed by atoms with Gasteiger partial charge in [-0.15, -0.1) is 0 Å². The fourth-order valence-corrected chi connectivity index (χ4v) is 2.50. The molecular formula is C13H15Br2NO3. The Morgan fingerprint density at radius 1 is 1.37 bits per heavy atom. The van der Waals surface area contributed by atoms with Crippen LogP contribution in [0.1, 0.15) is 37.0 Å². The minimum absolute atomic E-state index is 0.375. The molecule has 0 saturated heterocycles. The van der Waals surface area contributed by atoms with Gasteiger partial charge in [0, 0.05) is 8.95 Å². The second-order valence-electron chi connectivity index (χ2n) is 4.47. The largest absolute Gasteiger partial charge is 0.480 e. The van der Waals surface area contributed by atoms with Gasteiger partial charge in [0.15, 0.2) is 0 Å². The van der Waals surface area contributed by atoms with Crippen molar-refractivity contribution in [3.63, 3.8) is 0 Å². The molecule has 1 atom stereocenters. The van der Waals surface area contributed by atoms with Crippen molar-refractivity contribution in [3.8, 4) is 0 Å². The Bertz CT molecular complexity index is 505. The molecule has 1 aromatic carbocycles. The van der Waals surface area contributed by atoms with Crippen LogP contribution >= 0.6 is 31.9 Å². The molecule has 6 heteroatoms. The van der Waals surface area contributed by atoms with E-state index in [1.807, 2.05) is 6.92 Å². The van der Waals surface area contributed by atoms with E-state index in [9.17, 15) is 14.7 Å². The van der Waals surface area contributed by atoms with Crippen LogP contribution in [0.25, 0.3) is 0 Å². The van der Waals surface area contributed by atoms with Gasteiger partial charge in [-0.25, -0.2) is 4.79 Å². The molecule has 1 aromatic rings. The summed E-state index contributed by atoms with van der Waals surface area (Å²) in [4.78, 5) is 23.5. The number of hydrogen-bond acceptors (Lipinski definition) is 2. The predicted molar refractivity (Wildman–Crippen MR) is 80.3 cm³/mol. The fourth-order valence-electron chi connectivity index (χ4n) is 1.71. The molecule has 0 aromatic heterocycles. The number of halogens is 2. The molecule has 0 fully saturated rings. The molecule has 0 radical (unpaired) electrons. The van der Waals surface area contributed by atoms with E-state index in [0.29, 0.717) is 22.9 Å². The molecule has 0 heterocycles. The first-order valence-electron chi connectivity index (χ1n) is 5.81. The fraction of sp³-hybridized carbons (Fsp3) is 0.385. The first-order chi connectivity index (χ1) is 8.80. The third-order valence-corrected chi connectivity index (χ3v) is 3.97. The summed E-state index contributed by atoms with van der Waals surface area (Å²) in [5, 5.41) is 11.8. The third-order valence-electron chi connectivity index (χ3n) is 2.78. The highest BCUT2D eigenvalue weighted by Gasteiger charge is 2.34. The zero-order valence-corrected chi connectivity index (χ0v) is 13.8. The van der Waals surface area contributed by atoms with Crippen molar-refractivity contribution in [1.82, 2.24) is 5.32 Å². The smallest absolute Gasteiger partial charge is 0.329 e. The van der Waals surface area contributed by atoms with Crippen LogP contribution in [-0.4, -0.2) is 22.5 Å². The second kappa shape index (κ2) is 6.52. The number of carboxylic acids is 1. The number of aliphatic carboxylic acids is 1. The Morgan fingerprint density at radius 2 is 2.00 bits per heavy atom. The number of carboxylic acid groups (broad SMARTS) is 1.